The van der Waals surface area contributed by atoms with Gasteiger partial charge in [0.2, 0.25) is 17.7 Å². The van der Waals surface area contributed by atoms with Gasteiger partial charge < -0.3 is 15.5 Å². The molecule has 0 aromatic heterocycles. The second-order valence-corrected chi connectivity index (χ2v) is 6.46. The summed E-state index contributed by atoms with van der Waals surface area (Å²) in [5, 5.41) is 5.51. The number of nitrogens with one attached hydrogen (secondary N) is 2. The molecule has 0 spiro atoms. The van der Waals surface area contributed by atoms with Crippen LogP contribution in [0.4, 0.5) is 5.69 Å². The van der Waals surface area contributed by atoms with E-state index in [9.17, 15) is 14.4 Å². The number of amides is 3. The van der Waals surface area contributed by atoms with Crippen LogP contribution in [0.25, 0.3) is 0 Å². The maximum atomic E-state index is 13.1. The fraction of sp³-hybridized carbons (Fsp3) is 0.526. The van der Waals surface area contributed by atoms with Crippen LogP contribution in [0.1, 0.15) is 46.0 Å². The van der Waals surface area contributed by atoms with E-state index in [0.29, 0.717) is 19.4 Å². The molecule has 3 amide bonds. The van der Waals surface area contributed by atoms with Gasteiger partial charge in [-0.25, -0.2) is 0 Å². The summed E-state index contributed by atoms with van der Waals surface area (Å²) >= 11 is 0. The second-order valence-electron chi connectivity index (χ2n) is 6.46. The number of rotatable bonds is 6. The number of hydrogen-bond donors (Lipinski definition) is 2. The molecule has 2 rings (SSSR count). The van der Waals surface area contributed by atoms with Crippen LogP contribution in [0.3, 0.4) is 0 Å². The Bertz CT molecular complexity index is 610. The molecule has 0 atom stereocenters. The quantitative estimate of drug-likeness (QED) is 0.830. The maximum Gasteiger partial charge on any atom is 0.250 e. The van der Waals surface area contributed by atoms with E-state index in [0.717, 1.165) is 24.9 Å². The van der Waals surface area contributed by atoms with E-state index in [2.05, 4.69) is 10.6 Å². The molecule has 0 radical (unpaired) electrons. The molecule has 1 aromatic rings. The molecular formula is C19H27N3O3. The van der Waals surface area contributed by atoms with Gasteiger partial charge in [-0.3, -0.25) is 14.4 Å². The highest BCUT2D eigenvalue weighted by molar-refractivity contribution is 6.01. The molecule has 0 aliphatic heterocycles. The van der Waals surface area contributed by atoms with Crippen LogP contribution in [-0.4, -0.2) is 41.2 Å². The summed E-state index contributed by atoms with van der Waals surface area (Å²) in [5.41, 5.74) is -0.124. The molecule has 1 saturated carbocycles. The molecule has 136 valence electrons. The van der Waals surface area contributed by atoms with Crippen molar-refractivity contribution in [2.75, 3.05) is 18.4 Å². The molecule has 6 heteroatoms. The van der Waals surface area contributed by atoms with Gasteiger partial charge in [0.15, 0.2) is 0 Å². The standard InChI is InChI=1S/C19H27N3O3/c1-3-22(17(24)14-20-15(2)23)19(12-8-5-9-13-19)18(25)21-16-10-6-4-7-11-16/h4,6-7,10-11H,3,5,8-9,12-14H2,1-2H3,(H,20,23)(H,21,25). The second kappa shape index (κ2) is 8.65. The fourth-order valence-electron chi connectivity index (χ4n) is 3.54. The molecule has 25 heavy (non-hydrogen) atoms. The van der Waals surface area contributed by atoms with Crippen LogP contribution >= 0.6 is 0 Å². The Morgan fingerprint density at radius 3 is 2.28 bits per heavy atom. The summed E-state index contributed by atoms with van der Waals surface area (Å²) in [7, 11) is 0. The Labute approximate surface area is 149 Å². The van der Waals surface area contributed by atoms with Gasteiger partial charge in [-0.1, -0.05) is 37.5 Å². The molecule has 0 saturated heterocycles. The van der Waals surface area contributed by atoms with E-state index in [-0.39, 0.29) is 24.3 Å². The first-order chi connectivity index (χ1) is 12.0. The number of carbonyl (C=O) groups excluding carboxylic acids is 3. The zero-order chi connectivity index (χ0) is 18.3. The van der Waals surface area contributed by atoms with Crippen molar-refractivity contribution in [2.24, 2.45) is 0 Å². The lowest BCUT2D eigenvalue weighted by Crippen LogP contribution is -2.61. The Balaban J connectivity index is 2.23. The minimum Gasteiger partial charge on any atom is -0.347 e. The number of carbonyl (C=O) groups is 3. The minimum atomic E-state index is -0.849. The van der Waals surface area contributed by atoms with Crippen molar-refractivity contribution in [3.63, 3.8) is 0 Å². The number of benzene rings is 1. The molecule has 0 heterocycles. The first kappa shape index (κ1) is 19.0. The van der Waals surface area contributed by atoms with Gasteiger partial charge in [-0.05, 0) is 31.9 Å². The van der Waals surface area contributed by atoms with Gasteiger partial charge in [-0.15, -0.1) is 0 Å². The zero-order valence-corrected chi connectivity index (χ0v) is 15.0. The lowest BCUT2D eigenvalue weighted by atomic mass is 9.79. The van der Waals surface area contributed by atoms with Crippen molar-refractivity contribution in [1.82, 2.24) is 10.2 Å². The van der Waals surface area contributed by atoms with E-state index >= 15 is 0 Å². The molecular weight excluding hydrogens is 318 g/mol. The number of likely N-dealkylation sites (N-methyl/N-ethyl adjacent to an activating group) is 1. The number of para-hydroxylation sites is 1. The summed E-state index contributed by atoms with van der Waals surface area (Å²) in [6, 6.07) is 9.29. The van der Waals surface area contributed by atoms with E-state index in [1.54, 1.807) is 4.90 Å². The Hall–Kier alpha value is -2.37. The normalized spacial score (nSPS) is 15.9. The summed E-state index contributed by atoms with van der Waals surface area (Å²) in [6.07, 6.45) is 4.17. The van der Waals surface area contributed by atoms with Crippen LogP contribution < -0.4 is 10.6 Å². The van der Waals surface area contributed by atoms with Crippen LogP contribution in [0.2, 0.25) is 0 Å². The van der Waals surface area contributed by atoms with Crippen molar-refractivity contribution < 1.29 is 14.4 Å². The monoisotopic (exact) mass is 345 g/mol. The average molecular weight is 345 g/mol. The Kier molecular flexibility index (Phi) is 6.56. The Morgan fingerprint density at radius 1 is 1.08 bits per heavy atom. The minimum absolute atomic E-state index is 0.0798. The van der Waals surface area contributed by atoms with E-state index in [1.165, 1.54) is 6.92 Å². The number of anilines is 1. The summed E-state index contributed by atoms with van der Waals surface area (Å²) in [4.78, 5) is 38.6. The van der Waals surface area contributed by atoms with Crippen molar-refractivity contribution in [1.29, 1.82) is 0 Å². The molecule has 6 nitrogen and oxygen atoms in total. The van der Waals surface area contributed by atoms with Gasteiger partial charge >= 0.3 is 0 Å². The summed E-state index contributed by atoms with van der Waals surface area (Å²) in [5.74, 6) is -0.616. The van der Waals surface area contributed by atoms with Crippen molar-refractivity contribution in [2.45, 2.75) is 51.5 Å². The van der Waals surface area contributed by atoms with Crippen LogP contribution in [0.5, 0.6) is 0 Å². The highest BCUT2D eigenvalue weighted by Gasteiger charge is 2.46. The first-order valence-electron chi connectivity index (χ1n) is 8.91. The van der Waals surface area contributed by atoms with E-state index < -0.39 is 5.54 Å². The third-order valence-electron chi connectivity index (χ3n) is 4.76. The average Bonchev–Trinajstić information content (AvgIpc) is 2.62. The fourth-order valence-corrected chi connectivity index (χ4v) is 3.54. The van der Waals surface area contributed by atoms with Crippen LogP contribution in [0.15, 0.2) is 30.3 Å². The van der Waals surface area contributed by atoms with Gasteiger partial charge in [0.1, 0.15) is 5.54 Å². The molecule has 1 aliphatic rings. The highest BCUT2D eigenvalue weighted by atomic mass is 16.2. The van der Waals surface area contributed by atoms with Gasteiger partial charge in [0.05, 0.1) is 6.54 Å². The van der Waals surface area contributed by atoms with Gasteiger partial charge in [0, 0.05) is 19.2 Å². The van der Waals surface area contributed by atoms with Gasteiger partial charge in [0.25, 0.3) is 0 Å². The molecule has 1 fully saturated rings. The summed E-state index contributed by atoms with van der Waals surface area (Å²) in [6.45, 7) is 3.60. The number of hydrogen-bond acceptors (Lipinski definition) is 3. The van der Waals surface area contributed by atoms with E-state index in [1.807, 2.05) is 37.3 Å². The summed E-state index contributed by atoms with van der Waals surface area (Å²) < 4.78 is 0. The topological polar surface area (TPSA) is 78.5 Å². The largest absolute Gasteiger partial charge is 0.347 e. The van der Waals surface area contributed by atoms with Crippen LogP contribution in [-0.2, 0) is 14.4 Å². The lowest BCUT2D eigenvalue weighted by Gasteiger charge is -2.44. The van der Waals surface area contributed by atoms with Crippen molar-refractivity contribution >= 4 is 23.4 Å². The van der Waals surface area contributed by atoms with E-state index in [4.69, 9.17) is 0 Å². The molecule has 2 N–H and O–H groups in total. The molecule has 1 aliphatic carbocycles. The maximum absolute atomic E-state index is 13.1. The first-order valence-corrected chi connectivity index (χ1v) is 8.91. The van der Waals surface area contributed by atoms with Gasteiger partial charge in [-0.2, -0.15) is 0 Å². The molecule has 0 unspecified atom stereocenters. The van der Waals surface area contributed by atoms with Crippen molar-refractivity contribution in [3.8, 4) is 0 Å². The highest BCUT2D eigenvalue weighted by Crippen LogP contribution is 2.35. The predicted octanol–water partition coefficient (Wildman–Crippen LogP) is 2.31. The third kappa shape index (κ3) is 4.59. The van der Waals surface area contributed by atoms with Crippen molar-refractivity contribution in [3.05, 3.63) is 30.3 Å². The number of nitrogens with zero attached hydrogens (tertiary/aromatic N) is 1. The zero-order valence-electron chi connectivity index (χ0n) is 15.0. The van der Waals surface area contributed by atoms with Crippen LogP contribution in [0, 0.1) is 0 Å². The molecule has 1 aromatic carbocycles. The smallest absolute Gasteiger partial charge is 0.250 e. The Morgan fingerprint density at radius 2 is 1.72 bits per heavy atom. The predicted molar refractivity (Wildman–Crippen MR) is 97.0 cm³/mol. The third-order valence-corrected chi connectivity index (χ3v) is 4.76. The lowest BCUT2D eigenvalue weighted by molar-refractivity contribution is -0.147. The SMILES string of the molecule is CCN(C(=O)CNC(C)=O)C1(C(=O)Nc2ccccc2)CCCCC1. The molecule has 0 bridgehead atoms.